The summed E-state index contributed by atoms with van der Waals surface area (Å²) in [7, 11) is 0. The van der Waals surface area contributed by atoms with E-state index in [0.29, 0.717) is 11.5 Å². The van der Waals surface area contributed by atoms with Crippen LogP contribution in [-0.4, -0.2) is 4.98 Å². The van der Waals surface area contributed by atoms with Gasteiger partial charge in [-0.05, 0) is 18.9 Å². The van der Waals surface area contributed by atoms with E-state index >= 15 is 0 Å². The van der Waals surface area contributed by atoms with Gasteiger partial charge in [-0.3, -0.25) is 4.79 Å². The summed E-state index contributed by atoms with van der Waals surface area (Å²) in [6.45, 7) is 5.88. The fourth-order valence-corrected chi connectivity index (χ4v) is 1.20. The van der Waals surface area contributed by atoms with Crippen LogP contribution in [0.5, 0.6) is 0 Å². The van der Waals surface area contributed by atoms with Gasteiger partial charge in [-0.1, -0.05) is 19.9 Å². The minimum absolute atomic E-state index is 0.0683. The van der Waals surface area contributed by atoms with Gasteiger partial charge in [0, 0.05) is 17.3 Å². The van der Waals surface area contributed by atoms with Crippen LogP contribution in [0.15, 0.2) is 16.9 Å². The predicted octanol–water partition coefficient (Wildman–Crippen LogP) is 1.52. The molecule has 0 unspecified atom stereocenters. The topological polar surface area (TPSA) is 58.9 Å². The van der Waals surface area contributed by atoms with E-state index < -0.39 is 0 Å². The average molecular weight is 180 g/mol. The Bertz CT molecular complexity index is 339. The minimum Gasteiger partial charge on any atom is -0.326 e. The van der Waals surface area contributed by atoms with Crippen molar-refractivity contribution in [2.45, 2.75) is 32.7 Å². The summed E-state index contributed by atoms with van der Waals surface area (Å²) in [5.41, 5.74) is 7.15. The van der Waals surface area contributed by atoms with Crippen LogP contribution in [0.2, 0.25) is 0 Å². The van der Waals surface area contributed by atoms with E-state index in [4.69, 9.17) is 5.73 Å². The van der Waals surface area contributed by atoms with Crippen LogP contribution in [0.25, 0.3) is 0 Å². The van der Waals surface area contributed by atoms with Gasteiger partial charge >= 0.3 is 0 Å². The number of nitrogens with two attached hydrogens (primary N) is 1. The largest absolute Gasteiger partial charge is 0.326 e. The second kappa shape index (κ2) is 3.75. The molecule has 0 saturated carbocycles. The molecule has 3 heteroatoms. The molecule has 0 fully saturated rings. The molecule has 3 nitrogen and oxygen atoms in total. The molecule has 72 valence electrons. The maximum atomic E-state index is 11.5. The molecule has 0 spiro atoms. The second-order valence-electron chi connectivity index (χ2n) is 3.64. The third-order valence-corrected chi connectivity index (χ3v) is 2.08. The van der Waals surface area contributed by atoms with Gasteiger partial charge in [0.2, 0.25) is 0 Å². The third kappa shape index (κ3) is 2.18. The fraction of sp³-hybridized carbons (Fsp3) is 0.500. The number of aromatic nitrogens is 1. The molecule has 0 bridgehead atoms. The number of nitrogens with one attached hydrogen (secondary N) is 1. The molecule has 0 saturated heterocycles. The predicted molar refractivity (Wildman–Crippen MR) is 53.8 cm³/mol. The number of rotatable bonds is 2. The van der Waals surface area contributed by atoms with Gasteiger partial charge < -0.3 is 10.7 Å². The van der Waals surface area contributed by atoms with Gasteiger partial charge in [-0.15, -0.1) is 0 Å². The summed E-state index contributed by atoms with van der Waals surface area (Å²) < 4.78 is 0. The van der Waals surface area contributed by atoms with Crippen LogP contribution in [0, 0.1) is 0 Å². The normalized spacial score (nSPS) is 13.3. The maximum absolute atomic E-state index is 11.5. The van der Waals surface area contributed by atoms with Crippen LogP contribution >= 0.6 is 0 Å². The fourth-order valence-electron chi connectivity index (χ4n) is 1.20. The molecule has 1 atom stereocenters. The molecule has 0 aromatic carbocycles. The standard InChI is InChI=1S/C10H16N2O/c1-6(2)9-5-4-8(7(3)11)10(13)12-9/h4-7H,11H2,1-3H3,(H,12,13)/t7-/m0/s1. The van der Waals surface area contributed by atoms with Gasteiger partial charge in [0.15, 0.2) is 0 Å². The smallest absolute Gasteiger partial charge is 0.252 e. The van der Waals surface area contributed by atoms with Gasteiger partial charge in [0.1, 0.15) is 0 Å². The molecule has 1 aromatic heterocycles. The number of hydrogen-bond acceptors (Lipinski definition) is 2. The number of aromatic amines is 1. The summed E-state index contributed by atoms with van der Waals surface area (Å²) in [6.07, 6.45) is 0. The van der Waals surface area contributed by atoms with Gasteiger partial charge in [-0.25, -0.2) is 0 Å². The lowest BCUT2D eigenvalue weighted by molar-refractivity contribution is 0.770. The van der Waals surface area contributed by atoms with Crippen molar-refractivity contribution in [1.82, 2.24) is 4.98 Å². The van der Waals surface area contributed by atoms with E-state index in [1.54, 1.807) is 13.0 Å². The Morgan fingerprint density at radius 1 is 1.31 bits per heavy atom. The van der Waals surface area contributed by atoms with Gasteiger partial charge in [0.05, 0.1) is 0 Å². The highest BCUT2D eigenvalue weighted by molar-refractivity contribution is 5.18. The first kappa shape index (κ1) is 9.99. The van der Waals surface area contributed by atoms with Crippen LogP contribution in [0.3, 0.4) is 0 Å². The maximum Gasteiger partial charge on any atom is 0.252 e. The molecule has 1 aromatic rings. The van der Waals surface area contributed by atoms with Crippen LogP contribution in [0.1, 0.15) is 44.0 Å². The zero-order chi connectivity index (χ0) is 10.0. The average Bonchev–Trinajstić information content (AvgIpc) is 2.03. The highest BCUT2D eigenvalue weighted by atomic mass is 16.1. The van der Waals surface area contributed by atoms with Crippen molar-refractivity contribution in [3.63, 3.8) is 0 Å². The Balaban J connectivity index is 3.14. The zero-order valence-electron chi connectivity index (χ0n) is 8.29. The SMILES string of the molecule is CC(C)c1ccc([C@H](C)N)c(=O)[nH]1. The summed E-state index contributed by atoms with van der Waals surface area (Å²) >= 11 is 0. The first-order chi connectivity index (χ1) is 6.02. The molecule has 0 radical (unpaired) electrons. The summed E-state index contributed by atoms with van der Waals surface area (Å²) in [6, 6.07) is 3.52. The van der Waals surface area contributed by atoms with E-state index in [9.17, 15) is 4.79 Å². The van der Waals surface area contributed by atoms with E-state index in [-0.39, 0.29) is 11.6 Å². The first-order valence-corrected chi connectivity index (χ1v) is 4.51. The number of hydrogen-bond donors (Lipinski definition) is 2. The van der Waals surface area contributed by atoms with Crippen LogP contribution in [-0.2, 0) is 0 Å². The quantitative estimate of drug-likeness (QED) is 0.725. The molecule has 0 aliphatic rings. The lowest BCUT2D eigenvalue weighted by Crippen LogP contribution is -2.20. The van der Waals surface area contributed by atoms with Crippen molar-refractivity contribution >= 4 is 0 Å². The Labute approximate surface area is 78.0 Å². The van der Waals surface area contributed by atoms with Crippen molar-refractivity contribution in [2.24, 2.45) is 5.73 Å². The molecule has 0 amide bonds. The molecule has 1 rings (SSSR count). The monoisotopic (exact) mass is 180 g/mol. The third-order valence-electron chi connectivity index (χ3n) is 2.08. The van der Waals surface area contributed by atoms with Crippen molar-refractivity contribution in [3.05, 3.63) is 33.7 Å². The zero-order valence-corrected chi connectivity index (χ0v) is 8.29. The first-order valence-electron chi connectivity index (χ1n) is 4.51. The molecule has 3 N–H and O–H groups in total. The highest BCUT2D eigenvalue weighted by Gasteiger charge is 2.06. The Morgan fingerprint density at radius 2 is 1.92 bits per heavy atom. The van der Waals surface area contributed by atoms with Gasteiger partial charge in [0.25, 0.3) is 5.56 Å². The van der Waals surface area contributed by atoms with Crippen molar-refractivity contribution in [2.75, 3.05) is 0 Å². The summed E-state index contributed by atoms with van der Waals surface area (Å²) in [4.78, 5) is 14.3. The number of H-pyrrole nitrogens is 1. The Hall–Kier alpha value is -1.09. The molecular formula is C10H16N2O. The molecular weight excluding hydrogens is 164 g/mol. The number of pyridine rings is 1. The molecule has 1 heterocycles. The van der Waals surface area contributed by atoms with Crippen LogP contribution in [0.4, 0.5) is 0 Å². The second-order valence-corrected chi connectivity index (χ2v) is 3.64. The van der Waals surface area contributed by atoms with E-state index in [2.05, 4.69) is 4.98 Å². The highest BCUT2D eigenvalue weighted by Crippen LogP contribution is 2.10. The Kier molecular flexibility index (Phi) is 2.88. The summed E-state index contributed by atoms with van der Waals surface area (Å²) in [5.74, 6) is 0.342. The van der Waals surface area contributed by atoms with E-state index in [1.807, 2.05) is 19.9 Å². The van der Waals surface area contributed by atoms with E-state index in [1.165, 1.54) is 0 Å². The molecule has 0 aliphatic heterocycles. The van der Waals surface area contributed by atoms with Crippen molar-refractivity contribution in [3.8, 4) is 0 Å². The van der Waals surface area contributed by atoms with Crippen molar-refractivity contribution < 1.29 is 0 Å². The van der Waals surface area contributed by atoms with Crippen molar-refractivity contribution in [1.29, 1.82) is 0 Å². The molecule has 13 heavy (non-hydrogen) atoms. The summed E-state index contributed by atoms with van der Waals surface area (Å²) in [5, 5.41) is 0. The lowest BCUT2D eigenvalue weighted by atomic mass is 10.1. The Morgan fingerprint density at radius 3 is 2.31 bits per heavy atom. The molecule has 0 aliphatic carbocycles. The van der Waals surface area contributed by atoms with E-state index in [0.717, 1.165) is 5.69 Å². The minimum atomic E-state index is -0.204. The van der Waals surface area contributed by atoms with Gasteiger partial charge in [-0.2, -0.15) is 0 Å². The lowest BCUT2D eigenvalue weighted by Gasteiger charge is -2.08. The van der Waals surface area contributed by atoms with Crippen LogP contribution < -0.4 is 11.3 Å².